The Labute approximate surface area is 87.4 Å². The highest BCUT2D eigenvalue weighted by Gasteiger charge is 2.38. The molecule has 4 nitrogen and oxygen atoms in total. The molecule has 1 amide bonds. The summed E-state index contributed by atoms with van der Waals surface area (Å²) in [5.74, 6) is -0.466. The number of carbonyl (C=O) groups is 2. The van der Waals surface area contributed by atoms with E-state index in [1.54, 1.807) is 7.05 Å². The van der Waals surface area contributed by atoms with Gasteiger partial charge in [0.1, 0.15) is 6.04 Å². The van der Waals surface area contributed by atoms with Crippen molar-refractivity contribution in [3.05, 3.63) is 35.9 Å². The van der Waals surface area contributed by atoms with E-state index in [-0.39, 0.29) is 0 Å². The summed E-state index contributed by atoms with van der Waals surface area (Å²) in [6.07, 6.45) is -0.0667. The zero-order valence-corrected chi connectivity index (χ0v) is 8.34. The molecule has 0 radical (unpaired) electrons. The van der Waals surface area contributed by atoms with Gasteiger partial charge in [-0.05, 0) is 5.56 Å². The number of rotatable bonds is 2. The van der Waals surface area contributed by atoms with Gasteiger partial charge in [0.2, 0.25) is 0 Å². The first-order valence-corrected chi connectivity index (χ1v) is 4.71. The Morgan fingerprint density at radius 1 is 1.27 bits per heavy atom. The Balaban J connectivity index is 2.13. The number of esters is 1. The average molecular weight is 205 g/mol. The molecule has 1 heterocycles. The summed E-state index contributed by atoms with van der Waals surface area (Å²) < 4.78 is 4.51. The minimum Gasteiger partial charge on any atom is -0.375 e. The summed E-state index contributed by atoms with van der Waals surface area (Å²) in [6.45, 7) is 0. The first-order chi connectivity index (χ1) is 7.18. The van der Waals surface area contributed by atoms with Crippen LogP contribution in [0.5, 0.6) is 0 Å². The number of benzene rings is 1. The lowest BCUT2D eigenvalue weighted by Crippen LogP contribution is -2.33. The van der Waals surface area contributed by atoms with E-state index in [0.717, 1.165) is 5.56 Å². The van der Waals surface area contributed by atoms with Crippen molar-refractivity contribution in [3.8, 4) is 0 Å². The van der Waals surface area contributed by atoms with Crippen molar-refractivity contribution in [2.24, 2.45) is 0 Å². The van der Waals surface area contributed by atoms with Gasteiger partial charge in [0.25, 0.3) is 0 Å². The monoisotopic (exact) mass is 205 g/mol. The highest BCUT2D eigenvalue weighted by Crippen LogP contribution is 2.16. The fourth-order valence-electron chi connectivity index (χ4n) is 1.57. The fourth-order valence-corrected chi connectivity index (χ4v) is 1.57. The molecule has 0 spiro atoms. The molecule has 1 saturated heterocycles. The molecule has 78 valence electrons. The van der Waals surface area contributed by atoms with Gasteiger partial charge in [-0.1, -0.05) is 30.3 Å². The largest absolute Gasteiger partial charge is 0.418 e. The van der Waals surface area contributed by atoms with E-state index < -0.39 is 18.1 Å². The van der Waals surface area contributed by atoms with Gasteiger partial charge in [0, 0.05) is 13.5 Å². The third-order valence-corrected chi connectivity index (χ3v) is 2.49. The molecule has 0 aliphatic carbocycles. The smallest absolute Gasteiger partial charge is 0.375 e. The lowest BCUT2D eigenvalue weighted by Gasteiger charge is -2.13. The number of cyclic esters (lactones) is 2. The highest BCUT2D eigenvalue weighted by atomic mass is 16.6. The maximum atomic E-state index is 11.3. The van der Waals surface area contributed by atoms with Crippen LogP contribution in [0.4, 0.5) is 4.79 Å². The zero-order chi connectivity index (χ0) is 10.8. The number of hydrogen-bond donors (Lipinski definition) is 0. The molecule has 1 aromatic rings. The molecule has 0 unspecified atom stereocenters. The molecule has 1 aliphatic rings. The van der Waals surface area contributed by atoms with E-state index in [0.29, 0.717) is 6.42 Å². The number of likely N-dealkylation sites (N-methyl/N-ethyl adjacent to an activating group) is 1. The SMILES string of the molecule is CN1C(=O)OC(=O)[C@@H]1Cc1ccccc1. The van der Waals surface area contributed by atoms with Gasteiger partial charge in [-0.25, -0.2) is 9.59 Å². The summed E-state index contributed by atoms with van der Waals surface area (Å²) in [5, 5.41) is 0. The van der Waals surface area contributed by atoms with Gasteiger partial charge in [-0.15, -0.1) is 0 Å². The van der Waals surface area contributed by atoms with Gasteiger partial charge in [-0.3, -0.25) is 4.90 Å². The van der Waals surface area contributed by atoms with E-state index >= 15 is 0 Å². The molecular weight excluding hydrogens is 194 g/mol. The Hall–Kier alpha value is -1.84. The molecule has 0 N–H and O–H groups in total. The number of carbonyl (C=O) groups excluding carboxylic acids is 2. The minimum absolute atomic E-state index is 0.466. The summed E-state index contributed by atoms with van der Waals surface area (Å²) in [6, 6.07) is 9.06. The molecule has 0 bridgehead atoms. The first-order valence-electron chi connectivity index (χ1n) is 4.71. The van der Waals surface area contributed by atoms with E-state index in [4.69, 9.17) is 0 Å². The van der Waals surface area contributed by atoms with Crippen molar-refractivity contribution in [1.82, 2.24) is 4.90 Å². The maximum Gasteiger partial charge on any atom is 0.418 e. The lowest BCUT2D eigenvalue weighted by molar-refractivity contribution is -0.135. The zero-order valence-electron chi connectivity index (χ0n) is 8.34. The molecule has 1 fully saturated rings. The quantitative estimate of drug-likeness (QED) is 0.538. The molecule has 4 heteroatoms. The molecule has 15 heavy (non-hydrogen) atoms. The third kappa shape index (κ3) is 1.83. The van der Waals surface area contributed by atoms with Crippen LogP contribution in [-0.2, 0) is 16.0 Å². The van der Waals surface area contributed by atoms with Crippen LogP contribution < -0.4 is 0 Å². The fraction of sp³-hybridized carbons (Fsp3) is 0.273. The van der Waals surface area contributed by atoms with Gasteiger partial charge in [0.05, 0.1) is 0 Å². The second kappa shape index (κ2) is 3.73. The molecule has 0 saturated carbocycles. The molecule has 2 rings (SSSR count). The average Bonchev–Trinajstić information content (AvgIpc) is 2.47. The van der Waals surface area contributed by atoms with Crippen molar-refractivity contribution in [3.63, 3.8) is 0 Å². The Kier molecular flexibility index (Phi) is 2.41. The van der Waals surface area contributed by atoms with Gasteiger partial charge >= 0.3 is 12.1 Å². The molecule has 1 aromatic carbocycles. The first kappa shape index (κ1) is 9.71. The van der Waals surface area contributed by atoms with Crippen LogP contribution >= 0.6 is 0 Å². The minimum atomic E-state index is -0.569. The van der Waals surface area contributed by atoms with Crippen LogP contribution in [0.1, 0.15) is 5.56 Å². The Bertz CT molecular complexity index is 388. The standard InChI is InChI=1S/C11H11NO3/c1-12-9(10(13)15-11(12)14)7-8-5-3-2-4-6-8/h2-6,9H,7H2,1H3/t9-/m0/s1. The van der Waals surface area contributed by atoms with Crippen LogP contribution in [0.15, 0.2) is 30.3 Å². The van der Waals surface area contributed by atoms with Gasteiger partial charge in [0.15, 0.2) is 0 Å². The second-order valence-corrected chi connectivity index (χ2v) is 3.50. The molecule has 1 aliphatic heterocycles. The topological polar surface area (TPSA) is 46.6 Å². The predicted octanol–water partition coefficient (Wildman–Crippen LogP) is 1.21. The summed E-state index contributed by atoms with van der Waals surface area (Å²) in [7, 11) is 1.57. The second-order valence-electron chi connectivity index (χ2n) is 3.50. The Morgan fingerprint density at radius 2 is 1.93 bits per heavy atom. The van der Waals surface area contributed by atoms with Gasteiger partial charge < -0.3 is 4.74 Å². The van der Waals surface area contributed by atoms with E-state index in [1.807, 2.05) is 30.3 Å². The van der Waals surface area contributed by atoms with Crippen LogP contribution in [0.2, 0.25) is 0 Å². The molecule has 1 atom stereocenters. The van der Waals surface area contributed by atoms with E-state index in [2.05, 4.69) is 4.74 Å². The summed E-state index contributed by atoms with van der Waals surface area (Å²) in [4.78, 5) is 23.7. The van der Waals surface area contributed by atoms with Gasteiger partial charge in [-0.2, -0.15) is 0 Å². The molecular formula is C11H11NO3. The van der Waals surface area contributed by atoms with Crippen LogP contribution in [0.3, 0.4) is 0 Å². The van der Waals surface area contributed by atoms with Crippen molar-refractivity contribution in [2.45, 2.75) is 12.5 Å². The third-order valence-electron chi connectivity index (χ3n) is 2.49. The maximum absolute atomic E-state index is 11.3. The normalized spacial score (nSPS) is 20.6. The van der Waals surface area contributed by atoms with E-state index in [9.17, 15) is 9.59 Å². The predicted molar refractivity (Wildman–Crippen MR) is 53.2 cm³/mol. The summed E-state index contributed by atoms with van der Waals surface area (Å²) in [5.41, 5.74) is 1.01. The number of amides is 1. The van der Waals surface area contributed by atoms with Crippen molar-refractivity contribution in [2.75, 3.05) is 7.05 Å². The highest BCUT2D eigenvalue weighted by molar-refractivity contribution is 5.95. The number of nitrogens with zero attached hydrogens (tertiary/aromatic N) is 1. The van der Waals surface area contributed by atoms with Crippen LogP contribution in [0.25, 0.3) is 0 Å². The lowest BCUT2D eigenvalue weighted by atomic mass is 10.1. The number of hydrogen-bond acceptors (Lipinski definition) is 3. The van der Waals surface area contributed by atoms with Crippen molar-refractivity contribution < 1.29 is 14.3 Å². The van der Waals surface area contributed by atoms with E-state index in [1.165, 1.54) is 4.90 Å². The Morgan fingerprint density at radius 3 is 2.47 bits per heavy atom. The number of ether oxygens (including phenoxy) is 1. The van der Waals surface area contributed by atoms with Crippen LogP contribution in [0, 0.1) is 0 Å². The van der Waals surface area contributed by atoms with Crippen molar-refractivity contribution in [1.29, 1.82) is 0 Å². The molecule has 0 aromatic heterocycles. The summed E-state index contributed by atoms with van der Waals surface area (Å²) >= 11 is 0. The van der Waals surface area contributed by atoms with Crippen molar-refractivity contribution >= 4 is 12.1 Å². The van der Waals surface area contributed by atoms with Crippen LogP contribution in [-0.4, -0.2) is 30.1 Å².